The van der Waals surface area contributed by atoms with E-state index in [4.69, 9.17) is 5.73 Å². The zero-order valence-corrected chi connectivity index (χ0v) is 11.0. The minimum absolute atomic E-state index is 0.0846. The van der Waals surface area contributed by atoms with Gasteiger partial charge in [-0.2, -0.15) is 0 Å². The Morgan fingerprint density at radius 1 is 1.65 bits per heavy atom. The molecule has 0 radical (unpaired) electrons. The van der Waals surface area contributed by atoms with Crippen LogP contribution in [0.1, 0.15) is 35.9 Å². The van der Waals surface area contributed by atoms with Gasteiger partial charge < -0.3 is 16.0 Å². The number of aromatic nitrogens is 1. The Labute approximate surface area is 105 Å². The average molecular weight is 254 g/mol. The van der Waals surface area contributed by atoms with E-state index in [1.54, 1.807) is 0 Å². The van der Waals surface area contributed by atoms with E-state index in [2.05, 4.69) is 17.2 Å². The van der Waals surface area contributed by atoms with Crippen LogP contribution in [0.4, 0.5) is 10.9 Å². The molecule has 6 heteroatoms. The van der Waals surface area contributed by atoms with Crippen LogP contribution in [0.25, 0.3) is 0 Å². The summed E-state index contributed by atoms with van der Waals surface area (Å²) in [6.45, 7) is 3.02. The summed E-state index contributed by atoms with van der Waals surface area (Å²) in [7, 11) is 1.96. The average Bonchev–Trinajstić information content (AvgIpc) is 2.99. The fourth-order valence-corrected chi connectivity index (χ4v) is 2.43. The second kappa shape index (κ2) is 4.91. The van der Waals surface area contributed by atoms with E-state index in [9.17, 15) is 4.79 Å². The summed E-state index contributed by atoms with van der Waals surface area (Å²) in [5.41, 5.74) is 5.78. The maximum atomic E-state index is 11.9. The molecule has 1 aromatic heterocycles. The summed E-state index contributed by atoms with van der Waals surface area (Å²) in [4.78, 5) is 18.7. The fraction of sp³-hybridized carbons (Fsp3) is 0.636. The van der Waals surface area contributed by atoms with Gasteiger partial charge >= 0.3 is 0 Å². The third kappa shape index (κ3) is 2.88. The van der Waals surface area contributed by atoms with Crippen LogP contribution in [-0.2, 0) is 0 Å². The number of rotatable bonds is 5. The number of anilines is 2. The maximum absolute atomic E-state index is 11.9. The van der Waals surface area contributed by atoms with Gasteiger partial charge in [-0.15, -0.1) is 0 Å². The van der Waals surface area contributed by atoms with E-state index in [0.29, 0.717) is 16.7 Å². The first-order valence-corrected chi connectivity index (χ1v) is 6.71. The number of thiazole rings is 1. The SMILES string of the molecule is CCCN(C)c1nc(N)c(C(=O)NC2CC2)s1. The number of amides is 1. The normalized spacial score (nSPS) is 14.7. The first-order valence-electron chi connectivity index (χ1n) is 5.90. The van der Waals surface area contributed by atoms with Crippen LogP contribution >= 0.6 is 11.3 Å². The highest BCUT2D eigenvalue weighted by Crippen LogP contribution is 2.28. The zero-order valence-electron chi connectivity index (χ0n) is 10.2. The molecule has 1 amide bonds. The van der Waals surface area contributed by atoms with Crippen LogP contribution in [-0.4, -0.2) is 30.5 Å². The predicted molar refractivity (Wildman–Crippen MR) is 70.6 cm³/mol. The smallest absolute Gasteiger partial charge is 0.265 e. The number of nitrogen functional groups attached to an aromatic ring is 1. The Hall–Kier alpha value is -1.30. The number of carbonyl (C=O) groups is 1. The molecule has 1 heterocycles. The number of nitrogens with two attached hydrogens (primary N) is 1. The van der Waals surface area contributed by atoms with Crippen molar-refractivity contribution in [3.05, 3.63) is 4.88 Å². The third-order valence-electron chi connectivity index (χ3n) is 2.65. The summed E-state index contributed by atoms with van der Waals surface area (Å²) in [6, 6.07) is 0.348. The Kier molecular flexibility index (Phi) is 3.51. The molecule has 0 aliphatic heterocycles. The molecule has 0 saturated heterocycles. The van der Waals surface area contributed by atoms with Crippen molar-refractivity contribution >= 4 is 28.2 Å². The molecule has 5 nitrogen and oxygen atoms in total. The van der Waals surface area contributed by atoms with Gasteiger partial charge in [0.05, 0.1) is 0 Å². The number of carbonyl (C=O) groups excluding carboxylic acids is 1. The topological polar surface area (TPSA) is 71.2 Å². The molecule has 0 bridgehead atoms. The van der Waals surface area contributed by atoms with E-state index >= 15 is 0 Å². The first kappa shape index (κ1) is 12.2. The number of nitrogens with one attached hydrogen (secondary N) is 1. The van der Waals surface area contributed by atoms with Gasteiger partial charge in [0.2, 0.25) is 0 Å². The lowest BCUT2D eigenvalue weighted by molar-refractivity contribution is 0.0956. The Morgan fingerprint density at radius 2 is 2.35 bits per heavy atom. The lowest BCUT2D eigenvalue weighted by Crippen LogP contribution is -2.25. The molecule has 1 aliphatic carbocycles. The van der Waals surface area contributed by atoms with Crippen molar-refractivity contribution in [2.45, 2.75) is 32.2 Å². The highest BCUT2D eigenvalue weighted by atomic mass is 32.1. The highest BCUT2D eigenvalue weighted by Gasteiger charge is 2.26. The molecule has 1 aliphatic rings. The molecular weight excluding hydrogens is 236 g/mol. The predicted octanol–water partition coefficient (Wildman–Crippen LogP) is 1.46. The van der Waals surface area contributed by atoms with Gasteiger partial charge in [-0.05, 0) is 19.3 Å². The molecule has 1 fully saturated rings. The van der Waals surface area contributed by atoms with Crippen LogP contribution in [0.15, 0.2) is 0 Å². The Morgan fingerprint density at radius 3 is 2.94 bits per heavy atom. The van der Waals surface area contributed by atoms with Gasteiger partial charge in [-0.1, -0.05) is 18.3 Å². The summed E-state index contributed by atoms with van der Waals surface area (Å²) in [5, 5.41) is 3.74. The fourth-order valence-electron chi connectivity index (χ4n) is 1.56. The van der Waals surface area contributed by atoms with Gasteiger partial charge in [-0.25, -0.2) is 4.98 Å². The standard InChI is InChI=1S/C11H18N4OS/c1-3-6-15(2)11-14-9(12)8(17-11)10(16)13-7-4-5-7/h7H,3-6,12H2,1-2H3,(H,13,16). The van der Waals surface area contributed by atoms with Gasteiger partial charge in [0.25, 0.3) is 5.91 Å². The molecule has 1 aromatic rings. The molecule has 1 saturated carbocycles. The van der Waals surface area contributed by atoms with Crippen molar-refractivity contribution in [3.63, 3.8) is 0 Å². The van der Waals surface area contributed by atoms with Crippen molar-refractivity contribution in [2.75, 3.05) is 24.2 Å². The largest absolute Gasteiger partial charge is 0.382 e. The third-order valence-corrected chi connectivity index (χ3v) is 3.83. The van der Waals surface area contributed by atoms with Gasteiger partial charge in [0, 0.05) is 19.6 Å². The summed E-state index contributed by atoms with van der Waals surface area (Å²) < 4.78 is 0. The van der Waals surface area contributed by atoms with Crippen LogP contribution < -0.4 is 16.0 Å². The van der Waals surface area contributed by atoms with E-state index in [0.717, 1.165) is 30.9 Å². The van der Waals surface area contributed by atoms with Crippen molar-refractivity contribution in [2.24, 2.45) is 0 Å². The van der Waals surface area contributed by atoms with Crippen molar-refractivity contribution in [3.8, 4) is 0 Å². The second-order valence-electron chi connectivity index (χ2n) is 4.38. The van der Waals surface area contributed by atoms with Gasteiger partial charge in [0.1, 0.15) is 10.7 Å². The van der Waals surface area contributed by atoms with E-state index in [1.807, 2.05) is 11.9 Å². The van der Waals surface area contributed by atoms with Gasteiger partial charge in [-0.3, -0.25) is 4.79 Å². The maximum Gasteiger partial charge on any atom is 0.265 e. The first-order chi connectivity index (χ1) is 8.11. The Balaban J connectivity index is 2.08. The van der Waals surface area contributed by atoms with Crippen LogP contribution in [0.5, 0.6) is 0 Å². The quantitative estimate of drug-likeness (QED) is 0.834. The summed E-state index contributed by atoms with van der Waals surface area (Å²) in [6.07, 6.45) is 3.19. The summed E-state index contributed by atoms with van der Waals surface area (Å²) in [5.74, 6) is 0.254. The number of hydrogen-bond acceptors (Lipinski definition) is 5. The van der Waals surface area contributed by atoms with Crippen molar-refractivity contribution in [1.29, 1.82) is 0 Å². The molecule has 0 unspecified atom stereocenters. The molecule has 3 N–H and O–H groups in total. The lowest BCUT2D eigenvalue weighted by atomic mass is 10.4. The van der Waals surface area contributed by atoms with Crippen molar-refractivity contribution < 1.29 is 4.79 Å². The highest BCUT2D eigenvalue weighted by molar-refractivity contribution is 7.18. The Bertz CT molecular complexity index is 414. The zero-order chi connectivity index (χ0) is 12.4. The molecule has 2 rings (SSSR count). The summed E-state index contributed by atoms with van der Waals surface area (Å²) >= 11 is 1.36. The molecular formula is C11H18N4OS. The lowest BCUT2D eigenvalue weighted by Gasteiger charge is -2.13. The van der Waals surface area contributed by atoms with E-state index in [1.165, 1.54) is 11.3 Å². The number of nitrogens with zero attached hydrogens (tertiary/aromatic N) is 2. The monoisotopic (exact) mass is 254 g/mol. The minimum atomic E-state index is -0.0846. The molecule has 0 spiro atoms. The van der Waals surface area contributed by atoms with Crippen LogP contribution in [0.2, 0.25) is 0 Å². The molecule has 17 heavy (non-hydrogen) atoms. The van der Waals surface area contributed by atoms with E-state index < -0.39 is 0 Å². The molecule has 0 atom stereocenters. The van der Waals surface area contributed by atoms with Crippen molar-refractivity contribution in [1.82, 2.24) is 10.3 Å². The van der Waals surface area contributed by atoms with Crippen LogP contribution in [0.3, 0.4) is 0 Å². The number of hydrogen-bond donors (Lipinski definition) is 2. The van der Waals surface area contributed by atoms with Gasteiger partial charge in [0.15, 0.2) is 5.13 Å². The second-order valence-corrected chi connectivity index (χ2v) is 5.36. The molecule has 0 aromatic carbocycles. The van der Waals surface area contributed by atoms with E-state index in [-0.39, 0.29) is 5.91 Å². The minimum Gasteiger partial charge on any atom is -0.382 e. The molecule has 94 valence electrons. The van der Waals surface area contributed by atoms with Crippen LogP contribution in [0, 0.1) is 0 Å².